The molecule has 0 aliphatic carbocycles. The fourth-order valence-electron chi connectivity index (χ4n) is 10.5. The maximum absolute atomic E-state index is 12.9. The number of unbranched alkanes of at least 4 members (excludes halogenated alkanes) is 47. The zero-order valence-electron chi connectivity index (χ0n) is 52.0. The molecule has 1 unspecified atom stereocenters. The number of hydrogen-bond acceptors (Lipinski definition) is 6. The predicted octanol–water partition coefficient (Wildman–Crippen LogP) is 23.6. The third-order valence-corrected chi connectivity index (χ3v) is 15.6. The molecule has 0 heterocycles. The van der Waals surface area contributed by atoms with Crippen molar-refractivity contribution in [3.63, 3.8) is 0 Å². The second-order valence-corrected chi connectivity index (χ2v) is 23.5. The largest absolute Gasteiger partial charge is 0.462 e. The van der Waals surface area contributed by atoms with E-state index in [9.17, 15) is 14.4 Å². The van der Waals surface area contributed by atoms with Crippen molar-refractivity contribution in [1.82, 2.24) is 0 Å². The number of carbonyl (C=O) groups excluding carboxylic acids is 3. The predicted molar refractivity (Wildman–Crippen MR) is 335 cm³/mol. The minimum atomic E-state index is -0.775. The summed E-state index contributed by atoms with van der Waals surface area (Å²) in [6.07, 6.45) is 82.0. The van der Waals surface area contributed by atoms with E-state index in [1.54, 1.807) is 0 Å². The zero-order valence-corrected chi connectivity index (χ0v) is 52.0. The Bertz CT molecular complexity index is 1290. The van der Waals surface area contributed by atoms with Crippen LogP contribution in [0.4, 0.5) is 0 Å². The maximum atomic E-state index is 12.9. The van der Waals surface area contributed by atoms with Gasteiger partial charge in [0, 0.05) is 19.3 Å². The molecule has 0 fully saturated rings. The molecule has 0 aliphatic rings. The van der Waals surface area contributed by atoms with Crippen molar-refractivity contribution in [3.8, 4) is 0 Å². The fraction of sp³-hybridized carbons (Fsp3) is 0.873. The van der Waals surface area contributed by atoms with Gasteiger partial charge in [0.05, 0.1) is 0 Å². The van der Waals surface area contributed by atoms with Gasteiger partial charge in [0.2, 0.25) is 0 Å². The van der Waals surface area contributed by atoms with E-state index in [1.165, 1.54) is 263 Å². The summed E-state index contributed by atoms with van der Waals surface area (Å²) in [7, 11) is 0. The second-order valence-electron chi connectivity index (χ2n) is 23.5. The van der Waals surface area contributed by atoms with E-state index in [0.29, 0.717) is 19.3 Å². The molecule has 452 valence electrons. The molecule has 0 aromatic rings. The first-order valence-electron chi connectivity index (χ1n) is 34.5. The molecule has 0 aromatic heterocycles. The van der Waals surface area contributed by atoms with Gasteiger partial charge in [0.25, 0.3) is 0 Å². The Labute approximate surface area is 480 Å². The molecule has 0 rings (SSSR count). The lowest BCUT2D eigenvalue weighted by atomic mass is 10.0. The molecule has 6 heteroatoms. The standard InChI is InChI=1S/C71H132O6/c1-4-7-10-13-16-19-21-23-25-27-29-30-31-32-33-34-35-36-37-38-39-40-41-43-44-46-48-50-52-55-58-61-64-70(73)76-67-68(66-75-69(72)63-60-57-54-18-15-12-9-6-3)77-71(74)65-62-59-56-53-51-49-47-45-42-28-26-24-22-20-17-14-11-8-5-2/h17,20,24,26,42,45,68H,4-16,18-19,21-23,25,27-41,43-44,46-67H2,1-3H3/b20-17-,26-24-,45-42-. The van der Waals surface area contributed by atoms with E-state index < -0.39 is 6.10 Å². The highest BCUT2D eigenvalue weighted by molar-refractivity contribution is 5.71. The summed E-state index contributed by atoms with van der Waals surface area (Å²) in [6, 6.07) is 0. The Hall–Kier alpha value is -2.37. The maximum Gasteiger partial charge on any atom is 0.306 e. The van der Waals surface area contributed by atoms with Gasteiger partial charge >= 0.3 is 17.9 Å². The zero-order chi connectivity index (χ0) is 55.7. The van der Waals surface area contributed by atoms with Crippen LogP contribution in [0.15, 0.2) is 36.5 Å². The molecule has 6 nitrogen and oxygen atoms in total. The van der Waals surface area contributed by atoms with Crippen LogP contribution in [-0.4, -0.2) is 37.2 Å². The summed E-state index contributed by atoms with van der Waals surface area (Å²) in [5.74, 6) is -0.868. The minimum Gasteiger partial charge on any atom is -0.462 e. The van der Waals surface area contributed by atoms with Gasteiger partial charge in [-0.2, -0.15) is 0 Å². The molecule has 0 radical (unpaired) electrons. The number of carbonyl (C=O) groups is 3. The average Bonchev–Trinajstić information content (AvgIpc) is 3.43. The van der Waals surface area contributed by atoms with Crippen LogP contribution in [0.25, 0.3) is 0 Å². The first kappa shape index (κ1) is 74.6. The Kier molecular flexibility index (Phi) is 64.1. The third-order valence-electron chi connectivity index (χ3n) is 15.6. The van der Waals surface area contributed by atoms with Gasteiger partial charge < -0.3 is 14.2 Å². The van der Waals surface area contributed by atoms with Crippen LogP contribution >= 0.6 is 0 Å². The quantitative estimate of drug-likeness (QED) is 0.0261. The first-order chi connectivity index (χ1) is 38.0. The molecule has 77 heavy (non-hydrogen) atoms. The van der Waals surface area contributed by atoms with E-state index in [-0.39, 0.29) is 31.1 Å². The lowest BCUT2D eigenvalue weighted by Crippen LogP contribution is -2.30. The van der Waals surface area contributed by atoms with Crippen LogP contribution < -0.4 is 0 Å². The highest BCUT2D eigenvalue weighted by atomic mass is 16.6. The molecule has 1 atom stereocenters. The van der Waals surface area contributed by atoms with Crippen LogP contribution in [0.5, 0.6) is 0 Å². The molecule has 0 saturated heterocycles. The van der Waals surface area contributed by atoms with E-state index in [0.717, 1.165) is 77.0 Å². The molecule has 0 spiro atoms. The van der Waals surface area contributed by atoms with Crippen molar-refractivity contribution < 1.29 is 28.6 Å². The summed E-state index contributed by atoms with van der Waals surface area (Å²) in [6.45, 7) is 6.63. The molecule has 0 N–H and O–H groups in total. The molecular weight excluding hydrogens is 949 g/mol. The molecule has 0 saturated carbocycles. The summed E-state index contributed by atoms with van der Waals surface area (Å²) >= 11 is 0. The first-order valence-corrected chi connectivity index (χ1v) is 34.5. The lowest BCUT2D eigenvalue weighted by molar-refractivity contribution is -0.167. The van der Waals surface area contributed by atoms with Crippen LogP contribution in [-0.2, 0) is 28.6 Å². The Morgan fingerprint density at radius 3 is 0.753 bits per heavy atom. The Morgan fingerprint density at radius 1 is 0.260 bits per heavy atom. The second kappa shape index (κ2) is 66.1. The van der Waals surface area contributed by atoms with Crippen molar-refractivity contribution in [1.29, 1.82) is 0 Å². The Morgan fingerprint density at radius 2 is 0.468 bits per heavy atom. The topological polar surface area (TPSA) is 78.9 Å². The normalized spacial score (nSPS) is 12.2. The number of rotatable bonds is 64. The van der Waals surface area contributed by atoms with E-state index >= 15 is 0 Å². The van der Waals surface area contributed by atoms with Gasteiger partial charge in [-0.05, 0) is 57.8 Å². The van der Waals surface area contributed by atoms with Crippen molar-refractivity contribution in [3.05, 3.63) is 36.5 Å². The van der Waals surface area contributed by atoms with Crippen molar-refractivity contribution in [2.24, 2.45) is 0 Å². The SMILES string of the molecule is CCCCC/C=C\C/C=C\C/C=C\CCCCCCCCC(=O)OC(COC(=O)CCCCCCCCCC)COC(=O)CCCCCCCCCCCCCCCCCCCCCCCCCCCCCCCCCC. The minimum absolute atomic E-state index is 0.0729. The average molecular weight is 1080 g/mol. The number of hydrogen-bond donors (Lipinski definition) is 0. The molecule has 0 aliphatic heterocycles. The number of allylic oxidation sites excluding steroid dienone is 6. The van der Waals surface area contributed by atoms with Gasteiger partial charge in [0.15, 0.2) is 6.10 Å². The fourth-order valence-corrected chi connectivity index (χ4v) is 10.5. The third kappa shape index (κ3) is 64.3. The smallest absolute Gasteiger partial charge is 0.306 e. The van der Waals surface area contributed by atoms with Crippen LogP contribution in [0.2, 0.25) is 0 Å². The molecule has 0 aromatic carbocycles. The van der Waals surface area contributed by atoms with Crippen molar-refractivity contribution in [2.45, 2.75) is 386 Å². The van der Waals surface area contributed by atoms with Crippen molar-refractivity contribution in [2.75, 3.05) is 13.2 Å². The van der Waals surface area contributed by atoms with E-state index in [4.69, 9.17) is 14.2 Å². The number of esters is 3. The van der Waals surface area contributed by atoms with Crippen LogP contribution in [0.1, 0.15) is 380 Å². The molecule has 0 amide bonds. The summed E-state index contributed by atoms with van der Waals surface area (Å²) < 4.78 is 16.9. The summed E-state index contributed by atoms with van der Waals surface area (Å²) in [4.78, 5) is 38.2. The van der Waals surface area contributed by atoms with Gasteiger partial charge in [-0.15, -0.1) is 0 Å². The highest BCUT2D eigenvalue weighted by Crippen LogP contribution is 2.19. The van der Waals surface area contributed by atoms with Crippen LogP contribution in [0, 0.1) is 0 Å². The summed E-state index contributed by atoms with van der Waals surface area (Å²) in [5.41, 5.74) is 0. The van der Waals surface area contributed by atoms with Gasteiger partial charge in [-0.3, -0.25) is 14.4 Å². The highest BCUT2D eigenvalue weighted by Gasteiger charge is 2.19. The van der Waals surface area contributed by atoms with Gasteiger partial charge in [0.1, 0.15) is 13.2 Å². The lowest BCUT2D eigenvalue weighted by Gasteiger charge is -2.18. The Balaban J connectivity index is 4.02. The summed E-state index contributed by atoms with van der Waals surface area (Å²) in [5, 5.41) is 0. The van der Waals surface area contributed by atoms with Crippen LogP contribution in [0.3, 0.4) is 0 Å². The molecule has 0 bridgehead atoms. The van der Waals surface area contributed by atoms with Gasteiger partial charge in [-0.1, -0.05) is 340 Å². The van der Waals surface area contributed by atoms with Crippen molar-refractivity contribution >= 4 is 17.9 Å². The van der Waals surface area contributed by atoms with E-state index in [1.807, 2.05) is 0 Å². The number of ether oxygens (including phenoxy) is 3. The van der Waals surface area contributed by atoms with Gasteiger partial charge in [-0.25, -0.2) is 0 Å². The van der Waals surface area contributed by atoms with E-state index in [2.05, 4.69) is 57.2 Å². The molecular formula is C71H132O6. The monoisotopic (exact) mass is 1080 g/mol.